The zero-order chi connectivity index (χ0) is 15.7. The van der Waals surface area contributed by atoms with Gasteiger partial charge in [-0.1, -0.05) is 26.7 Å². The zero-order valence-electron chi connectivity index (χ0n) is 14.2. The Kier molecular flexibility index (Phi) is 4.11. The molecule has 2 heterocycles. The molecule has 0 saturated carbocycles. The molecular weight excluding hydrogens is 276 g/mol. The predicted octanol–water partition coefficient (Wildman–Crippen LogP) is 3.90. The van der Waals surface area contributed by atoms with E-state index >= 15 is 0 Å². The molecule has 0 unspecified atom stereocenters. The first-order valence-corrected chi connectivity index (χ1v) is 8.50. The average molecular weight is 304 g/mol. The minimum Gasteiger partial charge on any atom is -0.486 e. The van der Waals surface area contributed by atoms with Crippen molar-refractivity contribution in [3.63, 3.8) is 0 Å². The molecule has 4 heteroatoms. The molecule has 3 rings (SSSR count). The molecule has 0 radical (unpaired) electrons. The van der Waals surface area contributed by atoms with Gasteiger partial charge in [0.05, 0.1) is 16.9 Å². The molecule has 1 aromatic carbocycles. The van der Waals surface area contributed by atoms with Crippen LogP contribution in [-0.4, -0.2) is 31.8 Å². The van der Waals surface area contributed by atoms with Gasteiger partial charge in [0.1, 0.15) is 13.2 Å². The molecule has 0 amide bonds. The molecular formula is C18H28N2O2. The van der Waals surface area contributed by atoms with Crippen molar-refractivity contribution >= 4 is 11.4 Å². The average Bonchev–Trinajstić information content (AvgIpc) is 2.52. The predicted molar refractivity (Wildman–Crippen MR) is 91.4 cm³/mol. The van der Waals surface area contributed by atoms with Gasteiger partial charge in [-0.25, -0.2) is 0 Å². The van der Waals surface area contributed by atoms with Crippen molar-refractivity contribution in [2.24, 2.45) is 5.92 Å². The summed E-state index contributed by atoms with van der Waals surface area (Å²) in [6.45, 7) is 12.5. The van der Waals surface area contributed by atoms with Crippen molar-refractivity contribution in [1.82, 2.24) is 0 Å². The van der Waals surface area contributed by atoms with Crippen molar-refractivity contribution in [3.05, 3.63) is 12.1 Å². The lowest BCUT2D eigenvalue weighted by molar-refractivity contribution is 0.171. The normalized spacial score (nSPS) is 18.9. The molecule has 1 N–H and O–H groups in total. The largest absolute Gasteiger partial charge is 0.486 e. The van der Waals surface area contributed by atoms with Gasteiger partial charge < -0.3 is 19.7 Å². The third kappa shape index (κ3) is 2.71. The molecule has 4 nitrogen and oxygen atoms in total. The fraction of sp³-hybridized carbons (Fsp3) is 0.667. The van der Waals surface area contributed by atoms with Crippen molar-refractivity contribution in [2.45, 2.75) is 46.1 Å². The van der Waals surface area contributed by atoms with Crippen LogP contribution in [-0.2, 0) is 0 Å². The number of rotatable bonds is 4. The Balaban J connectivity index is 1.98. The summed E-state index contributed by atoms with van der Waals surface area (Å²) >= 11 is 0. The van der Waals surface area contributed by atoms with E-state index in [1.54, 1.807) is 0 Å². The van der Waals surface area contributed by atoms with Gasteiger partial charge >= 0.3 is 0 Å². The Morgan fingerprint density at radius 1 is 1.14 bits per heavy atom. The molecule has 2 aliphatic rings. The first-order chi connectivity index (χ1) is 10.5. The maximum Gasteiger partial charge on any atom is 0.163 e. The molecule has 122 valence electrons. The summed E-state index contributed by atoms with van der Waals surface area (Å²) in [7, 11) is 0. The Labute approximate surface area is 133 Å². The summed E-state index contributed by atoms with van der Waals surface area (Å²) in [5.41, 5.74) is 2.50. The van der Waals surface area contributed by atoms with Gasteiger partial charge in [0.2, 0.25) is 0 Å². The second-order valence-electron chi connectivity index (χ2n) is 6.97. The Hall–Kier alpha value is -1.58. The maximum absolute atomic E-state index is 5.78. The second kappa shape index (κ2) is 5.90. The summed E-state index contributed by atoms with van der Waals surface area (Å²) < 4.78 is 11.5. The van der Waals surface area contributed by atoms with Crippen molar-refractivity contribution in [2.75, 3.05) is 36.5 Å². The van der Waals surface area contributed by atoms with Crippen LogP contribution in [0.15, 0.2) is 12.1 Å². The van der Waals surface area contributed by atoms with Gasteiger partial charge in [-0.2, -0.15) is 0 Å². The summed E-state index contributed by atoms with van der Waals surface area (Å²) in [6.07, 6.45) is 2.44. The minimum absolute atomic E-state index is 0.0966. The lowest BCUT2D eigenvalue weighted by Gasteiger charge is -2.47. The van der Waals surface area contributed by atoms with Crippen LogP contribution in [0.5, 0.6) is 11.5 Å². The van der Waals surface area contributed by atoms with E-state index in [-0.39, 0.29) is 5.54 Å². The highest BCUT2D eigenvalue weighted by molar-refractivity contribution is 5.78. The fourth-order valence-corrected chi connectivity index (χ4v) is 3.33. The standard InChI is InChI=1S/C18H28N2O2/c1-5-13(6-2)11-20-15-10-17-16(21-7-8-22-17)9-14(15)19-12-18(20,3)4/h9-10,13,19H,5-8,11-12H2,1-4H3. The van der Waals surface area contributed by atoms with Crippen LogP contribution in [0, 0.1) is 5.92 Å². The van der Waals surface area contributed by atoms with Gasteiger partial charge in [0, 0.05) is 25.2 Å². The molecule has 0 aliphatic carbocycles. The molecule has 1 aromatic rings. The van der Waals surface area contributed by atoms with Crippen molar-refractivity contribution in [1.29, 1.82) is 0 Å². The molecule has 0 saturated heterocycles. The monoisotopic (exact) mass is 304 g/mol. The first-order valence-electron chi connectivity index (χ1n) is 8.50. The van der Waals surface area contributed by atoms with Gasteiger partial charge in [0.15, 0.2) is 11.5 Å². The molecule has 0 atom stereocenters. The van der Waals surface area contributed by atoms with Gasteiger partial charge in [-0.3, -0.25) is 0 Å². The van der Waals surface area contributed by atoms with Gasteiger partial charge in [-0.15, -0.1) is 0 Å². The van der Waals surface area contributed by atoms with E-state index in [2.05, 4.69) is 50.0 Å². The third-order valence-corrected chi connectivity index (χ3v) is 4.99. The summed E-state index contributed by atoms with van der Waals surface area (Å²) in [5.74, 6) is 2.46. The molecule has 0 fully saturated rings. The summed E-state index contributed by atoms with van der Waals surface area (Å²) in [5, 5.41) is 3.57. The number of ether oxygens (including phenoxy) is 2. The van der Waals surface area contributed by atoms with Crippen LogP contribution < -0.4 is 19.7 Å². The van der Waals surface area contributed by atoms with Crippen LogP contribution in [0.2, 0.25) is 0 Å². The zero-order valence-corrected chi connectivity index (χ0v) is 14.2. The van der Waals surface area contributed by atoms with E-state index in [9.17, 15) is 0 Å². The fourth-order valence-electron chi connectivity index (χ4n) is 3.33. The quantitative estimate of drug-likeness (QED) is 0.914. The molecule has 0 bridgehead atoms. The van der Waals surface area contributed by atoms with E-state index in [1.807, 2.05) is 0 Å². The smallest absolute Gasteiger partial charge is 0.163 e. The number of nitrogens with one attached hydrogen (secondary N) is 1. The molecule has 2 aliphatic heterocycles. The Morgan fingerprint density at radius 2 is 1.77 bits per heavy atom. The number of nitrogens with zero attached hydrogens (tertiary/aromatic N) is 1. The van der Waals surface area contributed by atoms with Crippen LogP contribution >= 0.6 is 0 Å². The van der Waals surface area contributed by atoms with Gasteiger partial charge in [-0.05, 0) is 19.8 Å². The first kappa shape index (κ1) is 15.3. The van der Waals surface area contributed by atoms with Crippen molar-refractivity contribution in [3.8, 4) is 11.5 Å². The van der Waals surface area contributed by atoms with E-state index in [4.69, 9.17) is 9.47 Å². The van der Waals surface area contributed by atoms with Crippen LogP contribution in [0.25, 0.3) is 0 Å². The second-order valence-corrected chi connectivity index (χ2v) is 6.97. The third-order valence-electron chi connectivity index (χ3n) is 4.99. The molecule has 0 aromatic heterocycles. The topological polar surface area (TPSA) is 33.7 Å². The maximum atomic E-state index is 5.78. The minimum atomic E-state index is 0.0966. The number of anilines is 2. The van der Waals surface area contributed by atoms with Gasteiger partial charge in [0.25, 0.3) is 0 Å². The van der Waals surface area contributed by atoms with Crippen LogP contribution in [0.4, 0.5) is 11.4 Å². The Morgan fingerprint density at radius 3 is 2.41 bits per heavy atom. The van der Waals surface area contributed by atoms with Crippen LogP contribution in [0.1, 0.15) is 40.5 Å². The highest BCUT2D eigenvalue weighted by Crippen LogP contribution is 2.44. The van der Waals surface area contributed by atoms with E-state index in [0.29, 0.717) is 13.2 Å². The Bertz CT molecular complexity index is 538. The molecule has 0 spiro atoms. The highest BCUT2D eigenvalue weighted by Gasteiger charge is 2.35. The number of hydrogen-bond acceptors (Lipinski definition) is 4. The van der Waals surface area contributed by atoms with E-state index < -0.39 is 0 Å². The van der Waals surface area contributed by atoms with E-state index in [1.165, 1.54) is 18.5 Å². The lowest BCUT2D eigenvalue weighted by Crippen LogP contribution is -2.53. The number of fused-ring (bicyclic) bond motifs is 2. The number of hydrogen-bond donors (Lipinski definition) is 1. The SMILES string of the molecule is CCC(CC)CN1c2cc3c(cc2NCC1(C)C)OCCO3. The lowest BCUT2D eigenvalue weighted by atomic mass is 9.93. The van der Waals surface area contributed by atoms with Crippen molar-refractivity contribution < 1.29 is 9.47 Å². The molecule has 22 heavy (non-hydrogen) atoms. The van der Waals surface area contributed by atoms with E-state index in [0.717, 1.165) is 36.2 Å². The van der Waals surface area contributed by atoms with Crippen LogP contribution in [0.3, 0.4) is 0 Å². The summed E-state index contributed by atoms with van der Waals surface area (Å²) in [4.78, 5) is 2.55. The summed E-state index contributed by atoms with van der Waals surface area (Å²) in [6, 6.07) is 4.25. The highest BCUT2D eigenvalue weighted by atomic mass is 16.6. The number of benzene rings is 1.